The zero-order valence-electron chi connectivity index (χ0n) is 14.3. The Labute approximate surface area is 137 Å². The number of likely N-dealkylation sites (tertiary alicyclic amines) is 1. The summed E-state index contributed by atoms with van der Waals surface area (Å²) in [7, 11) is 0. The van der Waals surface area contributed by atoms with Gasteiger partial charge in [0.25, 0.3) is 5.91 Å². The Morgan fingerprint density at radius 2 is 2.04 bits per heavy atom. The van der Waals surface area contributed by atoms with Crippen LogP contribution in [0.2, 0.25) is 0 Å². The van der Waals surface area contributed by atoms with Gasteiger partial charge in [-0.05, 0) is 17.9 Å². The first-order valence-electron chi connectivity index (χ1n) is 8.23. The molecule has 1 unspecified atom stereocenters. The fourth-order valence-corrected chi connectivity index (χ4v) is 3.48. The lowest BCUT2D eigenvalue weighted by molar-refractivity contribution is 0.0743. The molecule has 0 bridgehead atoms. The second-order valence-electron chi connectivity index (χ2n) is 7.01. The Morgan fingerprint density at radius 1 is 1.35 bits per heavy atom. The van der Waals surface area contributed by atoms with Crippen molar-refractivity contribution in [3.8, 4) is 0 Å². The van der Waals surface area contributed by atoms with Crippen LogP contribution in [0.3, 0.4) is 0 Å². The minimum absolute atomic E-state index is 0.0402. The highest BCUT2D eigenvalue weighted by atomic mass is 16.4. The molecule has 1 fully saturated rings. The molecule has 4 nitrogen and oxygen atoms in total. The summed E-state index contributed by atoms with van der Waals surface area (Å²) in [4.78, 5) is 19.1. The van der Waals surface area contributed by atoms with E-state index >= 15 is 0 Å². The van der Waals surface area contributed by atoms with Gasteiger partial charge >= 0.3 is 0 Å². The Hall–Kier alpha value is -2.10. The quantitative estimate of drug-likeness (QED) is 0.865. The van der Waals surface area contributed by atoms with Crippen LogP contribution in [0.1, 0.15) is 54.4 Å². The van der Waals surface area contributed by atoms with E-state index in [1.807, 2.05) is 24.8 Å². The van der Waals surface area contributed by atoms with E-state index in [0.29, 0.717) is 29.7 Å². The molecule has 2 heterocycles. The molecule has 0 saturated carbocycles. The van der Waals surface area contributed by atoms with Gasteiger partial charge < -0.3 is 9.32 Å². The van der Waals surface area contributed by atoms with Crippen molar-refractivity contribution >= 4 is 5.91 Å². The third-order valence-electron chi connectivity index (χ3n) is 4.77. The van der Waals surface area contributed by atoms with Crippen molar-refractivity contribution in [1.82, 2.24) is 9.88 Å². The predicted octanol–water partition coefficient (Wildman–Crippen LogP) is 3.81. The summed E-state index contributed by atoms with van der Waals surface area (Å²) in [5.41, 5.74) is 2.02. The highest BCUT2D eigenvalue weighted by Crippen LogP contribution is 2.42. The molecular formula is C19H24N2O2. The van der Waals surface area contributed by atoms with E-state index in [9.17, 15) is 4.79 Å². The smallest absolute Gasteiger partial charge is 0.291 e. The van der Waals surface area contributed by atoms with Crippen molar-refractivity contribution in [1.29, 1.82) is 0 Å². The van der Waals surface area contributed by atoms with Crippen LogP contribution >= 0.6 is 0 Å². The van der Waals surface area contributed by atoms with Crippen molar-refractivity contribution in [2.45, 2.75) is 40.0 Å². The summed E-state index contributed by atoms with van der Waals surface area (Å²) in [6, 6.07) is 10.4. The van der Waals surface area contributed by atoms with Crippen LogP contribution in [0, 0.1) is 12.3 Å². The third-order valence-corrected chi connectivity index (χ3v) is 4.77. The maximum atomic E-state index is 12.9. The first kappa shape index (κ1) is 15.8. The molecule has 0 radical (unpaired) electrons. The number of amides is 1. The van der Waals surface area contributed by atoms with E-state index in [1.54, 1.807) is 0 Å². The van der Waals surface area contributed by atoms with Gasteiger partial charge in [0.15, 0.2) is 5.89 Å². The van der Waals surface area contributed by atoms with Crippen molar-refractivity contribution in [3.63, 3.8) is 0 Å². The fraction of sp³-hybridized carbons (Fsp3) is 0.474. The largest absolute Gasteiger partial charge is 0.435 e. The normalized spacial score (nSPS) is 20.0. The fourth-order valence-electron chi connectivity index (χ4n) is 3.48. The average molecular weight is 312 g/mol. The first-order valence-corrected chi connectivity index (χ1v) is 8.23. The molecule has 1 aliphatic rings. The molecule has 1 aliphatic heterocycles. The van der Waals surface area contributed by atoms with Crippen molar-refractivity contribution in [2.24, 2.45) is 5.41 Å². The number of aromatic nitrogens is 1. The molecule has 23 heavy (non-hydrogen) atoms. The number of benzene rings is 1. The van der Waals surface area contributed by atoms with E-state index in [0.717, 1.165) is 13.1 Å². The molecule has 1 aromatic heterocycles. The molecule has 0 N–H and O–H groups in total. The number of oxazole rings is 1. The molecular weight excluding hydrogens is 288 g/mol. The zero-order chi connectivity index (χ0) is 16.6. The van der Waals surface area contributed by atoms with Crippen LogP contribution in [-0.2, 0) is 6.42 Å². The summed E-state index contributed by atoms with van der Waals surface area (Å²) in [6.07, 6.45) is 0.701. The number of aryl methyl sites for hydroxylation is 2. The minimum atomic E-state index is -0.0405. The molecule has 1 aromatic carbocycles. The zero-order valence-corrected chi connectivity index (χ0v) is 14.3. The highest BCUT2D eigenvalue weighted by molar-refractivity contribution is 5.92. The van der Waals surface area contributed by atoms with Gasteiger partial charge in [-0.2, -0.15) is 0 Å². The minimum Gasteiger partial charge on any atom is -0.435 e. The van der Waals surface area contributed by atoms with Crippen LogP contribution in [0.4, 0.5) is 0 Å². The van der Waals surface area contributed by atoms with Crippen LogP contribution < -0.4 is 0 Å². The van der Waals surface area contributed by atoms with E-state index in [2.05, 4.69) is 43.1 Å². The van der Waals surface area contributed by atoms with Crippen LogP contribution in [0.25, 0.3) is 0 Å². The van der Waals surface area contributed by atoms with Crippen molar-refractivity contribution in [2.75, 3.05) is 13.1 Å². The highest BCUT2D eigenvalue weighted by Gasteiger charge is 2.43. The summed E-state index contributed by atoms with van der Waals surface area (Å²) in [6.45, 7) is 9.71. The Morgan fingerprint density at radius 3 is 2.65 bits per heavy atom. The molecule has 0 spiro atoms. The van der Waals surface area contributed by atoms with Crippen molar-refractivity contribution in [3.05, 3.63) is 53.2 Å². The number of carbonyl (C=O) groups is 1. The molecule has 1 atom stereocenters. The van der Waals surface area contributed by atoms with Gasteiger partial charge in [-0.3, -0.25) is 4.79 Å². The maximum absolute atomic E-state index is 12.9. The number of nitrogens with zero attached hydrogens (tertiary/aromatic N) is 2. The molecule has 3 rings (SSSR count). The number of carbonyl (C=O) groups excluding carboxylic acids is 1. The van der Waals surface area contributed by atoms with E-state index in [4.69, 9.17) is 4.42 Å². The van der Waals surface area contributed by atoms with Gasteiger partial charge in [-0.15, -0.1) is 0 Å². The van der Waals surface area contributed by atoms with Gasteiger partial charge in [-0.25, -0.2) is 4.98 Å². The predicted molar refractivity (Wildman–Crippen MR) is 89.5 cm³/mol. The average Bonchev–Trinajstić information content (AvgIpc) is 3.07. The number of rotatable bonds is 3. The summed E-state index contributed by atoms with van der Waals surface area (Å²) >= 11 is 0. The van der Waals surface area contributed by atoms with Crippen LogP contribution in [0.5, 0.6) is 0 Å². The summed E-state index contributed by atoms with van der Waals surface area (Å²) in [5, 5.41) is 0. The lowest BCUT2D eigenvalue weighted by Gasteiger charge is -2.25. The topological polar surface area (TPSA) is 46.3 Å². The molecule has 0 aliphatic carbocycles. The SMILES string of the molecule is CCc1nc(C)c(C(=O)N2CC(c3ccccc3)C(C)(C)C2)o1. The lowest BCUT2D eigenvalue weighted by Crippen LogP contribution is -2.30. The van der Waals surface area contributed by atoms with Crippen molar-refractivity contribution < 1.29 is 9.21 Å². The first-order chi connectivity index (χ1) is 10.9. The summed E-state index contributed by atoms with van der Waals surface area (Å²) in [5.74, 6) is 1.32. The van der Waals surface area contributed by atoms with Gasteiger partial charge in [0, 0.05) is 25.4 Å². The lowest BCUT2D eigenvalue weighted by atomic mass is 9.78. The Bertz CT molecular complexity index is 703. The van der Waals surface area contributed by atoms with E-state index in [-0.39, 0.29) is 11.3 Å². The maximum Gasteiger partial charge on any atom is 0.291 e. The second kappa shape index (κ2) is 5.84. The standard InChI is InChI=1S/C19H24N2O2/c1-5-16-20-13(2)17(23-16)18(22)21-11-15(19(3,4)12-21)14-9-7-6-8-10-14/h6-10,15H,5,11-12H2,1-4H3. The number of hydrogen-bond donors (Lipinski definition) is 0. The Kier molecular flexibility index (Phi) is 4.00. The monoisotopic (exact) mass is 312 g/mol. The summed E-state index contributed by atoms with van der Waals surface area (Å²) < 4.78 is 5.64. The van der Waals surface area contributed by atoms with E-state index in [1.165, 1.54) is 5.56 Å². The van der Waals surface area contributed by atoms with Gasteiger partial charge in [-0.1, -0.05) is 51.1 Å². The van der Waals surface area contributed by atoms with Crippen LogP contribution in [-0.4, -0.2) is 28.9 Å². The van der Waals surface area contributed by atoms with E-state index < -0.39 is 0 Å². The van der Waals surface area contributed by atoms with Gasteiger partial charge in [0.05, 0.1) is 5.69 Å². The molecule has 1 amide bonds. The number of hydrogen-bond acceptors (Lipinski definition) is 3. The molecule has 122 valence electrons. The van der Waals surface area contributed by atoms with Gasteiger partial charge in [0.1, 0.15) is 0 Å². The molecule has 1 saturated heterocycles. The third kappa shape index (κ3) is 2.90. The second-order valence-corrected chi connectivity index (χ2v) is 7.01. The molecule has 2 aromatic rings. The van der Waals surface area contributed by atoms with Crippen LogP contribution in [0.15, 0.2) is 34.7 Å². The van der Waals surface area contributed by atoms with Gasteiger partial charge in [0.2, 0.25) is 5.76 Å². The molecule has 4 heteroatoms. The Balaban J connectivity index is 1.85.